The summed E-state index contributed by atoms with van der Waals surface area (Å²) in [4.78, 5) is 4.16. The summed E-state index contributed by atoms with van der Waals surface area (Å²) in [5.74, 6) is 1.58. The maximum atomic E-state index is 12.6. The molecule has 3 rings (SSSR count). The zero-order valence-corrected chi connectivity index (χ0v) is 13.6. The molecule has 2 aliphatic rings. The Morgan fingerprint density at radius 2 is 1.95 bits per heavy atom. The standard InChI is InChI=1S/C14H24N4O2S/c1-11-16-14(10-17(11)2)21(19,20)18-7-5-13(6-8-18)15-9-12-3-4-12/h10,12-13,15H,3-9H2,1-2H3. The van der Waals surface area contributed by atoms with Gasteiger partial charge >= 0.3 is 0 Å². The maximum absolute atomic E-state index is 12.6. The molecule has 6 nitrogen and oxygen atoms in total. The minimum Gasteiger partial charge on any atom is -0.337 e. The number of nitrogens with one attached hydrogen (secondary N) is 1. The van der Waals surface area contributed by atoms with E-state index in [9.17, 15) is 8.42 Å². The normalized spacial score (nSPS) is 21.8. The third kappa shape index (κ3) is 3.30. The first-order valence-corrected chi connectivity index (χ1v) is 9.14. The molecule has 0 radical (unpaired) electrons. The van der Waals surface area contributed by atoms with Crippen LogP contribution in [0.1, 0.15) is 31.5 Å². The largest absolute Gasteiger partial charge is 0.337 e. The molecule has 1 aliphatic heterocycles. The van der Waals surface area contributed by atoms with E-state index in [0.29, 0.717) is 19.1 Å². The molecule has 0 spiro atoms. The number of imidazole rings is 1. The van der Waals surface area contributed by atoms with Gasteiger partial charge in [0.25, 0.3) is 10.0 Å². The minimum absolute atomic E-state index is 0.173. The Labute approximate surface area is 126 Å². The molecule has 1 aliphatic carbocycles. The zero-order chi connectivity index (χ0) is 15.0. The van der Waals surface area contributed by atoms with Crippen molar-refractivity contribution in [2.45, 2.75) is 43.7 Å². The van der Waals surface area contributed by atoms with Gasteiger partial charge in [-0.3, -0.25) is 0 Å². The van der Waals surface area contributed by atoms with E-state index < -0.39 is 10.0 Å². The highest BCUT2D eigenvalue weighted by Crippen LogP contribution is 2.28. The molecule has 118 valence electrons. The Balaban J connectivity index is 1.59. The Bertz CT molecular complexity index is 579. The molecule has 0 amide bonds. The topological polar surface area (TPSA) is 67.2 Å². The summed E-state index contributed by atoms with van der Waals surface area (Å²) in [7, 11) is -1.62. The number of nitrogens with zero attached hydrogens (tertiary/aromatic N) is 3. The first kappa shape index (κ1) is 15.0. The van der Waals surface area contributed by atoms with Gasteiger partial charge in [0, 0.05) is 32.4 Å². The van der Waals surface area contributed by atoms with Crippen molar-refractivity contribution in [1.29, 1.82) is 0 Å². The predicted molar refractivity (Wildman–Crippen MR) is 80.5 cm³/mol. The molecule has 1 aromatic heterocycles. The molecular formula is C14H24N4O2S. The van der Waals surface area contributed by atoms with Gasteiger partial charge in [0.05, 0.1) is 0 Å². The lowest BCUT2D eigenvalue weighted by molar-refractivity contribution is 0.287. The molecule has 7 heteroatoms. The van der Waals surface area contributed by atoms with Crippen LogP contribution in [0.5, 0.6) is 0 Å². The fraction of sp³-hybridized carbons (Fsp3) is 0.786. The van der Waals surface area contributed by atoms with Crippen LogP contribution >= 0.6 is 0 Å². The van der Waals surface area contributed by atoms with Gasteiger partial charge in [-0.1, -0.05) is 0 Å². The first-order chi connectivity index (χ1) is 9.96. The van der Waals surface area contributed by atoms with Crippen molar-refractivity contribution in [1.82, 2.24) is 19.2 Å². The van der Waals surface area contributed by atoms with E-state index in [1.54, 1.807) is 15.1 Å². The average Bonchev–Trinajstić information content (AvgIpc) is 3.23. The van der Waals surface area contributed by atoms with Crippen molar-refractivity contribution in [3.05, 3.63) is 12.0 Å². The monoisotopic (exact) mass is 312 g/mol. The summed E-state index contributed by atoms with van der Waals surface area (Å²) in [6.45, 7) is 4.07. The smallest absolute Gasteiger partial charge is 0.262 e. The van der Waals surface area contributed by atoms with Crippen LogP contribution in [0, 0.1) is 12.8 Å². The van der Waals surface area contributed by atoms with Gasteiger partial charge in [-0.15, -0.1) is 0 Å². The summed E-state index contributed by atoms with van der Waals surface area (Å²) >= 11 is 0. The quantitative estimate of drug-likeness (QED) is 0.876. The van der Waals surface area contributed by atoms with Crippen molar-refractivity contribution in [2.75, 3.05) is 19.6 Å². The van der Waals surface area contributed by atoms with E-state index in [1.807, 2.05) is 14.0 Å². The summed E-state index contributed by atoms with van der Waals surface area (Å²) in [5, 5.41) is 3.74. The highest BCUT2D eigenvalue weighted by Gasteiger charge is 2.31. The van der Waals surface area contributed by atoms with Crippen molar-refractivity contribution < 1.29 is 8.42 Å². The van der Waals surface area contributed by atoms with E-state index >= 15 is 0 Å². The van der Waals surface area contributed by atoms with Gasteiger partial charge in [-0.25, -0.2) is 13.4 Å². The molecule has 0 unspecified atom stereocenters. The van der Waals surface area contributed by atoms with Crippen molar-refractivity contribution in [3.8, 4) is 0 Å². The number of hydrogen-bond acceptors (Lipinski definition) is 4. The summed E-state index contributed by atoms with van der Waals surface area (Å²) in [6, 6.07) is 0.461. The SMILES string of the molecule is Cc1nc(S(=O)(=O)N2CCC(NCC3CC3)CC2)cn1C. The maximum Gasteiger partial charge on any atom is 0.262 e. The lowest BCUT2D eigenvalue weighted by Gasteiger charge is -2.31. The van der Waals surface area contributed by atoms with Gasteiger partial charge in [0.15, 0.2) is 5.03 Å². The van der Waals surface area contributed by atoms with Gasteiger partial charge in [0.1, 0.15) is 5.82 Å². The van der Waals surface area contributed by atoms with Gasteiger partial charge < -0.3 is 9.88 Å². The van der Waals surface area contributed by atoms with Crippen molar-refractivity contribution >= 4 is 10.0 Å². The van der Waals surface area contributed by atoms with Gasteiger partial charge in [-0.2, -0.15) is 4.31 Å². The third-order valence-corrected chi connectivity index (χ3v) is 6.31. The molecule has 21 heavy (non-hydrogen) atoms. The van der Waals surface area contributed by atoms with Crippen molar-refractivity contribution in [3.63, 3.8) is 0 Å². The van der Waals surface area contributed by atoms with E-state index in [0.717, 1.165) is 31.1 Å². The Kier molecular flexibility index (Phi) is 4.07. The van der Waals surface area contributed by atoms with Crippen LogP contribution in [0.15, 0.2) is 11.2 Å². The summed E-state index contributed by atoms with van der Waals surface area (Å²) in [5.41, 5.74) is 0. The molecule has 1 saturated heterocycles. The summed E-state index contributed by atoms with van der Waals surface area (Å²) < 4.78 is 28.5. The second-order valence-electron chi connectivity index (χ2n) is 6.27. The highest BCUT2D eigenvalue weighted by molar-refractivity contribution is 7.89. The lowest BCUT2D eigenvalue weighted by atomic mass is 10.1. The number of aromatic nitrogens is 2. The molecule has 2 heterocycles. The summed E-state index contributed by atoms with van der Waals surface area (Å²) in [6.07, 6.45) is 6.07. The van der Waals surface area contributed by atoms with Crippen LogP contribution in [0.2, 0.25) is 0 Å². The minimum atomic E-state index is -3.43. The van der Waals surface area contributed by atoms with Gasteiger partial charge in [0.2, 0.25) is 0 Å². The Hall–Kier alpha value is -0.920. The average molecular weight is 312 g/mol. The zero-order valence-electron chi connectivity index (χ0n) is 12.7. The van der Waals surface area contributed by atoms with Gasteiger partial charge in [-0.05, 0) is 45.1 Å². The molecule has 2 fully saturated rings. The van der Waals surface area contributed by atoms with Crippen LogP contribution in [-0.2, 0) is 17.1 Å². The second kappa shape index (κ2) is 5.70. The van der Waals surface area contributed by atoms with Crippen LogP contribution in [0.3, 0.4) is 0 Å². The lowest BCUT2D eigenvalue weighted by Crippen LogP contribution is -2.45. The number of sulfonamides is 1. The molecule has 0 bridgehead atoms. The Morgan fingerprint density at radius 3 is 2.48 bits per heavy atom. The Morgan fingerprint density at radius 1 is 1.29 bits per heavy atom. The number of aryl methyl sites for hydroxylation is 2. The van der Waals surface area contributed by atoms with Crippen LogP contribution in [0.4, 0.5) is 0 Å². The van der Waals surface area contributed by atoms with Crippen molar-refractivity contribution in [2.24, 2.45) is 13.0 Å². The number of piperidine rings is 1. The van der Waals surface area contributed by atoms with Crippen LogP contribution in [0.25, 0.3) is 0 Å². The number of rotatable bonds is 5. The first-order valence-electron chi connectivity index (χ1n) is 7.70. The molecule has 0 aromatic carbocycles. The van der Waals surface area contributed by atoms with E-state index in [-0.39, 0.29) is 5.03 Å². The molecule has 0 atom stereocenters. The van der Waals surface area contributed by atoms with E-state index in [1.165, 1.54) is 12.8 Å². The van der Waals surface area contributed by atoms with E-state index in [2.05, 4.69) is 10.3 Å². The van der Waals surface area contributed by atoms with Crippen LogP contribution < -0.4 is 5.32 Å². The number of hydrogen-bond donors (Lipinski definition) is 1. The molecule has 1 aromatic rings. The fourth-order valence-electron chi connectivity index (χ4n) is 2.74. The fourth-order valence-corrected chi connectivity index (χ4v) is 4.23. The third-order valence-electron chi connectivity index (χ3n) is 4.54. The molecule has 1 N–H and O–H groups in total. The molecule has 1 saturated carbocycles. The van der Waals surface area contributed by atoms with E-state index in [4.69, 9.17) is 0 Å². The highest BCUT2D eigenvalue weighted by atomic mass is 32.2. The van der Waals surface area contributed by atoms with Crippen LogP contribution in [-0.4, -0.2) is 48.0 Å². The second-order valence-corrected chi connectivity index (χ2v) is 8.15. The predicted octanol–water partition coefficient (Wildman–Crippen LogP) is 0.881. The molecular weight excluding hydrogens is 288 g/mol.